The number of hydrogen-bond acceptors (Lipinski definition) is 5. The molecule has 7 nitrogen and oxygen atoms in total. The third-order valence-electron chi connectivity index (χ3n) is 4.60. The number of hydrogen-bond donors (Lipinski definition) is 2. The van der Waals surface area contributed by atoms with Crippen LogP contribution in [-0.2, 0) is 11.3 Å². The van der Waals surface area contributed by atoms with Gasteiger partial charge in [-0.05, 0) is 35.4 Å². The lowest BCUT2D eigenvalue weighted by atomic mass is 10.0. The van der Waals surface area contributed by atoms with E-state index in [1.165, 1.54) is 13.1 Å². The van der Waals surface area contributed by atoms with Crippen molar-refractivity contribution in [1.29, 1.82) is 0 Å². The van der Waals surface area contributed by atoms with Crippen LogP contribution in [0.15, 0.2) is 60.9 Å². The molecule has 0 bridgehead atoms. The number of nitrogens with one attached hydrogen (secondary N) is 2. The smallest absolute Gasteiger partial charge is 0.257 e. The van der Waals surface area contributed by atoms with E-state index in [0.29, 0.717) is 42.5 Å². The van der Waals surface area contributed by atoms with Crippen molar-refractivity contribution < 1.29 is 19.1 Å². The van der Waals surface area contributed by atoms with Gasteiger partial charge in [-0.3, -0.25) is 14.6 Å². The second-order valence-electron chi connectivity index (χ2n) is 6.88. The summed E-state index contributed by atoms with van der Waals surface area (Å²) in [5.74, 6) is 0.930. The molecule has 3 aromatic rings. The summed E-state index contributed by atoms with van der Waals surface area (Å²) >= 11 is 0. The molecule has 2 N–H and O–H groups in total. The quantitative estimate of drug-likeness (QED) is 0.682. The van der Waals surface area contributed by atoms with Crippen molar-refractivity contribution in [1.82, 2.24) is 10.3 Å². The van der Waals surface area contributed by atoms with Crippen LogP contribution in [-0.4, -0.2) is 30.0 Å². The zero-order valence-electron chi connectivity index (χ0n) is 16.5. The van der Waals surface area contributed by atoms with E-state index in [2.05, 4.69) is 15.6 Å². The van der Waals surface area contributed by atoms with Gasteiger partial charge in [0.2, 0.25) is 5.91 Å². The average molecular weight is 403 g/mol. The van der Waals surface area contributed by atoms with E-state index >= 15 is 0 Å². The third-order valence-corrected chi connectivity index (χ3v) is 4.60. The highest BCUT2D eigenvalue weighted by Gasteiger charge is 2.14. The van der Waals surface area contributed by atoms with E-state index in [1.807, 2.05) is 24.3 Å². The summed E-state index contributed by atoms with van der Waals surface area (Å²) in [6.45, 7) is 2.93. The van der Waals surface area contributed by atoms with Crippen LogP contribution in [0.1, 0.15) is 22.8 Å². The molecule has 0 aliphatic carbocycles. The molecule has 2 amide bonds. The molecule has 0 unspecified atom stereocenters. The summed E-state index contributed by atoms with van der Waals surface area (Å²) in [6.07, 6.45) is 3.23. The van der Waals surface area contributed by atoms with E-state index in [9.17, 15) is 9.59 Å². The summed E-state index contributed by atoms with van der Waals surface area (Å²) in [7, 11) is 0. The Morgan fingerprint density at radius 3 is 2.63 bits per heavy atom. The zero-order chi connectivity index (χ0) is 20.9. The molecule has 0 atom stereocenters. The van der Waals surface area contributed by atoms with Gasteiger partial charge >= 0.3 is 0 Å². The number of carbonyl (C=O) groups is 2. The lowest BCUT2D eigenvalue weighted by molar-refractivity contribution is -0.119. The second kappa shape index (κ2) is 8.65. The lowest BCUT2D eigenvalue weighted by Gasteiger charge is -2.19. The van der Waals surface area contributed by atoms with Crippen LogP contribution in [0.2, 0.25) is 0 Å². The van der Waals surface area contributed by atoms with Crippen LogP contribution in [0, 0.1) is 0 Å². The first-order chi connectivity index (χ1) is 14.6. The van der Waals surface area contributed by atoms with Crippen LogP contribution in [0.4, 0.5) is 5.69 Å². The Kier molecular flexibility index (Phi) is 5.61. The number of carbonyl (C=O) groups excluding carboxylic acids is 2. The predicted molar refractivity (Wildman–Crippen MR) is 113 cm³/mol. The predicted octanol–water partition coefficient (Wildman–Crippen LogP) is 3.41. The van der Waals surface area contributed by atoms with Crippen LogP contribution >= 0.6 is 0 Å². The van der Waals surface area contributed by atoms with Crippen molar-refractivity contribution >= 4 is 17.5 Å². The molecule has 0 saturated heterocycles. The largest absolute Gasteiger partial charge is 0.486 e. The van der Waals surface area contributed by atoms with Crippen molar-refractivity contribution in [2.75, 3.05) is 18.5 Å². The maximum absolute atomic E-state index is 12.7. The van der Waals surface area contributed by atoms with Gasteiger partial charge in [-0.15, -0.1) is 0 Å². The molecule has 0 spiro atoms. The maximum atomic E-state index is 12.7. The van der Waals surface area contributed by atoms with Gasteiger partial charge in [-0.25, -0.2) is 0 Å². The van der Waals surface area contributed by atoms with Gasteiger partial charge in [-0.2, -0.15) is 0 Å². The molecule has 0 fully saturated rings. The molecule has 152 valence electrons. The number of pyridine rings is 1. The Labute approximate surface area is 174 Å². The topological polar surface area (TPSA) is 89.6 Å². The van der Waals surface area contributed by atoms with Crippen molar-refractivity contribution in [3.63, 3.8) is 0 Å². The average Bonchev–Trinajstić information content (AvgIpc) is 2.78. The molecule has 2 aromatic carbocycles. The van der Waals surface area contributed by atoms with Crippen molar-refractivity contribution in [2.24, 2.45) is 0 Å². The van der Waals surface area contributed by atoms with Crippen LogP contribution in [0.5, 0.6) is 11.5 Å². The monoisotopic (exact) mass is 403 g/mol. The molecule has 1 aliphatic rings. The van der Waals surface area contributed by atoms with Gasteiger partial charge in [0, 0.05) is 43.2 Å². The Hall–Kier alpha value is -3.87. The molecule has 4 rings (SSSR count). The first-order valence-corrected chi connectivity index (χ1v) is 9.58. The Morgan fingerprint density at radius 1 is 0.967 bits per heavy atom. The van der Waals surface area contributed by atoms with Gasteiger partial charge in [0.25, 0.3) is 5.91 Å². The number of rotatable bonds is 5. The minimum atomic E-state index is -0.268. The van der Waals surface area contributed by atoms with Crippen molar-refractivity contribution in [2.45, 2.75) is 13.5 Å². The first-order valence-electron chi connectivity index (χ1n) is 9.58. The highest BCUT2D eigenvalue weighted by molar-refractivity contribution is 6.04. The summed E-state index contributed by atoms with van der Waals surface area (Å²) < 4.78 is 11.1. The Balaban J connectivity index is 1.51. The van der Waals surface area contributed by atoms with E-state index in [1.54, 1.807) is 30.5 Å². The summed E-state index contributed by atoms with van der Waals surface area (Å²) in [5, 5.41) is 5.65. The summed E-state index contributed by atoms with van der Waals surface area (Å²) in [6, 6.07) is 14.8. The number of aromatic nitrogens is 1. The molecule has 1 aromatic heterocycles. The highest BCUT2D eigenvalue weighted by atomic mass is 16.6. The maximum Gasteiger partial charge on any atom is 0.257 e. The Bertz CT molecular complexity index is 1100. The van der Waals surface area contributed by atoms with Crippen molar-refractivity contribution in [3.05, 3.63) is 72.1 Å². The van der Waals surface area contributed by atoms with Gasteiger partial charge in [0.05, 0.1) is 5.56 Å². The van der Waals surface area contributed by atoms with Crippen LogP contribution in [0.3, 0.4) is 0 Å². The van der Waals surface area contributed by atoms with Crippen LogP contribution < -0.4 is 20.1 Å². The number of amides is 2. The fourth-order valence-electron chi connectivity index (χ4n) is 3.13. The van der Waals surface area contributed by atoms with Gasteiger partial charge in [0.1, 0.15) is 13.2 Å². The summed E-state index contributed by atoms with van der Waals surface area (Å²) in [4.78, 5) is 28.1. The highest BCUT2D eigenvalue weighted by Crippen LogP contribution is 2.32. The molecule has 2 heterocycles. The SMILES string of the molecule is CC(=O)NCc1cccc(-c2cncc(C(=O)Nc3ccc4c(c3)OCCO4)c2)c1. The molecule has 0 radical (unpaired) electrons. The molecule has 1 aliphatic heterocycles. The molecule has 7 heteroatoms. The molecule has 30 heavy (non-hydrogen) atoms. The van der Waals surface area contributed by atoms with Crippen LogP contribution in [0.25, 0.3) is 11.1 Å². The number of nitrogens with zero attached hydrogens (tertiary/aromatic N) is 1. The minimum Gasteiger partial charge on any atom is -0.486 e. The standard InChI is InChI=1S/C23H21N3O4/c1-15(27)25-12-16-3-2-4-17(9-16)18-10-19(14-24-13-18)23(28)26-20-5-6-21-22(11-20)30-8-7-29-21/h2-6,9-11,13-14H,7-8,12H2,1H3,(H,25,27)(H,26,28). The first kappa shape index (κ1) is 19.4. The van der Waals surface area contributed by atoms with E-state index in [-0.39, 0.29) is 11.8 Å². The molecular weight excluding hydrogens is 382 g/mol. The lowest BCUT2D eigenvalue weighted by Crippen LogP contribution is -2.18. The Morgan fingerprint density at radius 2 is 1.80 bits per heavy atom. The zero-order valence-corrected chi connectivity index (χ0v) is 16.5. The van der Waals surface area contributed by atoms with Gasteiger partial charge < -0.3 is 20.1 Å². The van der Waals surface area contributed by atoms with E-state index in [0.717, 1.165) is 16.7 Å². The van der Waals surface area contributed by atoms with Crippen molar-refractivity contribution in [3.8, 4) is 22.6 Å². The number of benzene rings is 2. The molecular formula is C23H21N3O4. The number of fused-ring (bicyclic) bond motifs is 1. The third kappa shape index (κ3) is 4.57. The number of ether oxygens (including phenoxy) is 2. The van der Waals surface area contributed by atoms with Gasteiger partial charge in [-0.1, -0.05) is 18.2 Å². The fraction of sp³-hybridized carbons (Fsp3) is 0.174. The van der Waals surface area contributed by atoms with E-state index < -0.39 is 0 Å². The summed E-state index contributed by atoms with van der Waals surface area (Å²) in [5.41, 5.74) is 3.75. The van der Waals surface area contributed by atoms with Gasteiger partial charge in [0.15, 0.2) is 11.5 Å². The number of anilines is 1. The van der Waals surface area contributed by atoms with E-state index in [4.69, 9.17) is 9.47 Å². The molecule has 0 saturated carbocycles. The normalized spacial score (nSPS) is 12.2. The second-order valence-corrected chi connectivity index (χ2v) is 6.88. The minimum absolute atomic E-state index is 0.0834. The fourth-order valence-corrected chi connectivity index (χ4v) is 3.13.